The predicted molar refractivity (Wildman–Crippen MR) is 173 cm³/mol. The average Bonchev–Trinajstić information content (AvgIpc) is 3.45. The highest BCUT2D eigenvalue weighted by molar-refractivity contribution is 6.21. The third kappa shape index (κ3) is 3.17. The maximum Gasteiger partial charge on any atom is 0.147 e. The number of hydrogen-bond donors (Lipinski definition) is 0. The Morgan fingerprint density at radius 2 is 1.10 bits per heavy atom. The van der Waals surface area contributed by atoms with Crippen LogP contribution in [-0.4, -0.2) is 14.5 Å². The quantitative estimate of drug-likeness (QED) is 0.211. The molecule has 4 heteroatoms. The first-order valence-electron chi connectivity index (χ1n) is 14.2. The topological polar surface area (TPSA) is 34.0 Å². The van der Waals surface area contributed by atoms with E-state index < -0.39 is 0 Å². The second kappa shape index (κ2) is 8.88. The van der Waals surface area contributed by atoms with Crippen LogP contribution in [0.4, 0.5) is 17.1 Å². The van der Waals surface area contributed by atoms with E-state index in [-0.39, 0.29) is 0 Å². The normalized spacial score (nSPS) is 12.2. The lowest BCUT2D eigenvalue weighted by molar-refractivity contribution is 1.07. The summed E-state index contributed by atoms with van der Waals surface area (Å²) < 4.78 is 2.37. The molecule has 0 saturated heterocycles. The molecule has 4 nitrogen and oxygen atoms in total. The minimum absolute atomic E-state index is 0.947. The molecule has 0 spiro atoms. The Labute approximate surface area is 242 Å². The Morgan fingerprint density at radius 1 is 0.476 bits per heavy atom. The van der Waals surface area contributed by atoms with Gasteiger partial charge >= 0.3 is 0 Å². The summed E-state index contributed by atoms with van der Waals surface area (Å²) >= 11 is 0. The first-order valence-corrected chi connectivity index (χ1v) is 14.2. The van der Waals surface area contributed by atoms with Gasteiger partial charge in [0.15, 0.2) is 0 Å². The highest BCUT2D eigenvalue weighted by Gasteiger charge is 2.30. The molecule has 1 aliphatic rings. The summed E-state index contributed by atoms with van der Waals surface area (Å²) in [5.41, 5.74) is 10.0. The molecule has 0 atom stereocenters. The number of pyridine rings is 1. The first kappa shape index (κ1) is 23.0. The van der Waals surface area contributed by atoms with Gasteiger partial charge < -0.3 is 4.90 Å². The van der Waals surface area contributed by atoms with Crippen LogP contribution in [0.2, 0.25) is 0 Å². The van der Waals surface area contributed by atoms with Crippen LogP contribution in [0.3, 0.4) is 0 Å². The zero-order chi connectivity index (χ0) is 27.6. The van der Waals surface area contributed by atoms with E-state index in [9.17, 15) is 0 Å². The molecule has 0 N–H and O–H groups in total. The van der Waals surface area contributed by atoms with Gasteiger partial charge in [-0.1, -0.05) is 91.0 Å². The number of benzene rings is 6. The van der Waals surface area contributed by atoms with Crippen molar-refractivity contribution in [2.24, 2.45) is 0 Å². The standard InChI is InChI=1S/C38H24N4/c1-2-13-26(14-3-1)41-32-20-8-9-21-33(32)42-37-31(19-10-22-34(37)41)40-38(42)36-29-17-6-4-15-27(29)35(25-12-11-23-39-24-25)28-16-5-7-18-30(28)36/h1-24H. The first-order chi connectivity index (χ1) is 20.9. The molecule has 0 unspecified atom stereocenters. The number of anilines is 3. The molecular weight excluding hydrogens is 512 g/mol. The fraction of sp³-hybridized carbons (Fsp3) is 0. The zero-order valence-corrected chi connectivity index (χ0v) is 22.6. The number of hydrogen-bond acceptors (Lipinski definition) is 3. The summed E-state index contributed by atoms with van der Waals surface area (Å²) in [6.45, 7) is 0. The van der Waals surface area contributed by atoms with Crippen molar-refractivity contribution < 1.29 is 0 Å². The molecule has 0 aliphatic carbocycles. The summed E-state index contributed by atoms with van der Waals surface area (Å²) in [5, 5.41) is 4.72. The van der Waals surface area contributed by atoms with Crippen molar-refractivity contribution in [1.82, 2.24) is 14.5 Å². The fourth-order valence-corrected chi connectivity index (χ4v) is 6.71. The van der Waals surface area contributed by atoms with Crippen molar-refractivity contribution >= 4 is 49.6 Å². The maximum atomic E-state index is 5.41. The SMILES string of the molecule is c1ccc(N2c3ccccc3-n3c(-c4c5ccccc5c(-c5cccnc5)c5ccccc45)nc4cccc2c43)cc1. The van der Waals surface area contributed by atoms with Gasteiger partial charge in [-0.15, -0.1) is 0 Å². The third-order valence-corrected chi connectivity index (χ3v) is 8.38. The molecule has 1 aliphatic heterocycles. The van der Waals surface area contributed by atoms with Gasteiger partial charge in [0.05, 0.1) is 28.1 Å². The number of nitrogens with zero attached hydrogens (tertiary/aromatic N) is 4. The van der Waals surface area contributed by atoms with Crippen LogP contribution in [0.15, 0.2) is 146 Å². The fourth-order valence-electron chi connectivity index (χ4n) is 6.71. The van der Waals surface area contributed by atoms with Crippen molar-refractivity contribution in [3.8, 4) is 28.2 Å². The van der Waals surface area contributed by atoms with E-state index in [1.165, 1.54) is 27.1 Å². The van der Waals surface area contributed by atoms with Crippen molar-refractivity contribution in [3.05, 3.63) is 146 Å². The number of rotatable bonds is 3. The van der Waals surface area contributed by atoms with Crippen LogP contribution >= 0.6 is 0 Å². The zero-order valence-electron chi connectivity index (χ0n) is 22.6. The van der Waals surface area contributed by atoms with E-state index in [1.807, 2.05) is 18.5 Å². The lowest BCUT2D eigenvalue weighted by atomic mass is 9.88. The van der Waals surface area contributed by atoms with Crippen LogP contribution in [0, 0.1) is 0 Å². The largest absolute Gasteiger partial charge is 0.306 e. The monoisotopic (exact) mass is 536 g/mol. The second-order valence-corrected chi connectivity index (χ2v) is 10.7. The molecule has 0 bridgehead atoms. The van der Waals surface area contributed by atoms with Gasteiger partial charge in [-0.3, -0.25) is 9.55 Å². The predicted octanol–water partition coefficient (Wildman–Crippen LogP) is 9.84. The number of aromatic nitrogens is 3. The van der Waals surface area contributed by atoms with Crippen LogP contribution in [0.5, 0.6) is 0 Å². The molecule has 2 aromatic heterocycles. The summed E-state index contributed by atoms with van der Waals surface area (Å²) in [6, 6.07) is 47.3. The summed E-state index contributed by atoms with van der Waals surface area (Å²) in [4.78, 5) is 12.2. The molecule has 0 saturated carbocycles. The highest BCUT2D eigenvalue weighted by Crippen LogP contribution is 2.50. The summed E-state index contributed by atoms with van der Waals surface area (Å²) in [6.07, 6.45) is 3.79. The van der Waals surface area contributed by atoms with Crippen LogP contribution in [-0.2, 0) is 0 Å². The van der Waals surface area contributed by atoms with Crippen LogP contribution in [0.25, 0.3) is 60.8 Å². The summed E-state index contributed by atoms with van der Waals surface area (Å²) in [7, 11) is 0. The van der Waals surface area contributed by atoms with Gasteiger partial charge in [-0.2, -0.15) is 0 Å². The second-order valence-electron chi connectivity index (χ2n) is 10.7. The van der Waals surface area contributed by atoms with Gasteiger partial charge in [0.1, 0.15) is 5.82 Å². The van der Waals surface area contributed by atoms with E-state index in [1.54, 1.807) is 0 Å². The molecule has 42 heavy (non-hydrogen) atoms. The molecule has 0 radical (unpaired) electrons. The molecule has 6 aromatic carbocycles. The molecular formula is C38H24N4. The average molecular weight is 537 g/mol. The highest BCUT2D eigenvalue weighted by atomic mass is 15.2. The molecule has 8 aromatic rings. The van der Waals surface area contributed by atoms with E-state index in [0.29, 0.717) is 0 Å². The van der Waals surface area contributed by atoms with Crippen molar-refractivity contribution in [2.75, 3.05) is 4.90 Å². The molecule has 0 amide bonds. The molecule has 9 rings (SSSR count). The van der Waals surface area contributed by atoms with E-state index in [0.717, 1.165) is 50.7 Å². The van der Waals surface area contributed by atoms with Gasteiger partial charge in [0.2, 0.25) is 0 Å². The molecule has 196 valence electrons. The minimum Gasteiger partial charge on any atom is -0.306 e. The minimum atomic E-state index is 0.947. The third-order valence-electron chi connectivity index (χ3n) is 8.38. The Bertz CT molecular complexity index is 2250. The van der Waals surface area contributed by atoms with Crippen molar-refractivity contribution in [2.45, 2.75) is 0 Å². The molecule has 3 heterocycles. The van der Waals surface area contributed by atoms with Gasteiger partial charge in [0.25, 0.3) is 0 Å². The van der Waals surface area contributed by atoms with Gasteiger partial charge in [-0.05, 0) is 69.6 Å². The lowest BCUT2D eigenvalue weighted by Crippen LogP contribution is -2.18. The van der Waals surface area contributed by atoms with E-state index >= 15 is 0 Å². The Kier molecular flexibility index (Phi) is 4.87. The smallest absolute Gasteiger partial charge is 0.147 e. The van der Waals surface area contributed by atoms with Gasteiger partial charge in [-0.25, -0.2) is 4.98 Å². The number of para-hydroxylation sites is 4. The van der Waals surface area contributed by atoms with Crippen LogP contribution in [0.1, 0.15) is 0 Å². The lowest BCUT2D eigenvalue weighted by Gasteiger charge is -2.33. The Morgan fingerprint density at radius 3 is 1.79 bits per heavy atom. The van der Waals surface area contributed by atoms with E-state index in [2.05, 4.69) is 142 Å². The van der Waals surface area contributed by atoms with Crippen LogP contribution < -0.4 is 4.90 Å². The number of fused-ring (bicyclic) bond motifs is 4. The summed E-state index contributed by atoms with van der Waals surface area (Å²) in [5.74, 6) is 0.947. The van der Waals surface area contributed by atoms with Crippen molar-refractivity contribution in [1.29, 1.82) is 0 Å². The Balaban J connectivity index is 1.44. The van der Waals surface area contributed by atoms with Crippen molar-refractivity contribution in [3.63, 3.8) is 0 Å². The molecule has 0 fully saturated rings. The Hall–Kier alpha value is -5.74. The van der Waals surface area contributed by atoms with E-state index in [4.69, 9.17) is 4.98 Å². The maximum absolute atomic E-state index is 5.41. The number of imidazole rings is 1. The van der Waals surface area contributed by atoms with Gasteiger partial charge in [0, 0.05) is 29.2 Å².